The second-order valence-corrected chi connectivity index (χ2v) is 5.08. The molecule has 0 saturated heterocycles. The SMILES string of the molecule is C=CCSCCNC(C)c1ccc(F)c(OC)c1. The quantitative estimate of drug-likeness (QED) is 0.577. The van der Waals surface area contributed by atoms with E-state index in [2.05, 4.69) is 18.8 Å². The van der Waals surface area contributed by atoms with Crippen molar-refractivity contribution < 1.29 is 9.13 Å². The van der Waals surface area contributed by atoms with Crippen molar-refractivity contribution in [2.24, 2.45) is 0 Å². The lowest BCUT2D eigenvalue weighted by Gasteiger charge is -2.15. The lowest BCUT2D eigenvalue weighted by Crippen LogP contribution is -2.21. The van der Waals surface area contributed by atoms with Crippen LogP contribution in [0, 0.1) is 5.82 Å². The molecule has 18 heavy (non-hydrogen) atoms. The van der Waals surface area contributed by atoms with Crippen molar-refractivity contribution >= 4 is 11.8 Å². The molecule has 1 aromatic rings. The van der Waals surface area contributed by atoms with E-state index in [9.17, 15) is 4.39 Å². The first-order valence-electron chi connectivity index (χ1n) is 5.94. The zero-order valence-corrected chi connectivity index (χ0v) is 11.7. The zero-order valence-electron chi connectivity index (χ0n) is 10.9. The van der Waals surface area contributed by atoms with Crippen molar-refractivity contribution in [1.82, 2.24) is 5.32 Å². The molecule has 0 radical (unpaired) electrons. The Morgan fingerprint density at radius 1 is 1.56 bits per heavy atom. The van der Waals surface area contributed by atoms with Crippen molar-refractivity contribution in [3.8, 4) is 5.75 Å². The molecule has 2 nitrogen and oxygen atoms in total. The van der Waals surface area contributed by atoms with Gasteiger partial charge in [-0.25, -0.2) is 4.39 Å². The van der Waals surface area contributed by atoms with E-state index in [1.54, 1.807) is 12.1 Å². The molecule has 1 rings (SSSR count). The molecule has 0 aliphatic rings. The van der Waals surface area contributed by atoms with Gasteiger partial charge in [0.05, 0.1) is 7.11 Å². The molecular formula is C14H20FNOS. The second-order valence-electron chi connectivity index (χ2n) is 3.93. The van der Waals surface area contributed by atoms with Crippen LogP contribution in [0.25, 0.3) is 0 Å². The maximum absolute atomic E-state index is 13.3. The average molecular weight is 269 g/mol. The Balaban J connectivity index is 2.45. The Morgan fingerprint density at radius 2 is 2.33 bits per heavy atom. The fourth-order valence-corrected chi connectivity index (χ4v) is 2.17. The van der Waals surface area contributed by atoms with Gasteiger partial charge < -0.3 is 10.1 Å². The Kier molecular flexibility index (Phi) is 6.83. The molecule has 0 aliphatic carbocycles. The van der Waals surface area contributed by atoms with Crippen molar-refractivity contribution in [2.45, 2.75) is 13.0 Å². The number of methoxy groups -OCH3 is 1. The standard InChI is InChI=1S/C14H20FNOS/c1-4-8-18-9-7-16-11(2)12-5-6-13(15)14(10-12)17-3/h4-6,10-11,16H,1,7-9H2,2-3H3. The third-order valence-electron chi connectivity index (χ3n) is 2.61. The van der Waals surface area contributed by atoms with Crippen LogP contribution in [0.15, 0.2) is 30.9 Å². The van der Waals surface area contributed by atoms with Gasteiger partial charge in [-0.3, -0.25) is 0 Å². The van der Waals surface area contributed by atoms with E-state index in [0.717, 1.165) is 23.6 Å². The average Bonchev–Trinajstić information content (AvgIpc) is 2.38. The van der Waals surface area contributed by atoms with Crippen LogP contribution in [0.2, 0.25) is 0 Å². The van der Waals surface area contributed by atoms with Crippen LogP contribution in [-0.2, 0) is 0 Å². The van der Waals surface area contributed by atoms with E-state index in [1.165, 1.54) is 13.2 Å². The maximum Gasteiger partial charge on any atom is 0.165 e. The van der Waals surface area contributed by atoms with Gasteiger partial charge in [-0.05, 0) is 24.6 Å². The number of halogens is 1. The predicted octanol–water partition coefficient (Wildman–Crippen LogP) is 3.40. The van der Waals surface area contributed by atoms with E-state index >= 15 is 0 Å². The highest BCUT2D eigenvalue weighted by Gasteiger charge is 2.08. The molecule has 0 amide bonds. The molecule has 0 saturated carbocycles. The van der Waals surface area contributed by atoms with Crippen LogP contribution in [0.4, 0.5) is 4.39 Å². The highest BCUT2D eigenvalue weighted by atomic mass is 32.2. The van der Waals surface area contributed by atoms with Crippen LogP contribution < -0.4 is 10.1 Å². The molecule has 0 fully saturated rings. The van der Waals surface area contributed by atoms with E-state index in [-0.39, 0.29) is 11.9 Å². The first-order chi connectivity index (χ1) is 8.69. The molecule has 1 atom stereocenters. The summed E-state index contributed by atoms with van der Waals surface area (Å²) in [7, 11) is 1.48. The fourth-order valence-electron chi connectivity index (χ4n) is 1.58. The number of nitrogens with one attached hydrogen (secondary N) is 1. The van der Waals surface area contributed by atoms with Crippen LogP contribution in [0.3, 0.4) is 0 Å². The van der Waals surface area contributed by atoms with Crippen molar-refractivity contribution in [2.75, 3.05) is 25.2 Å². The van der Waals surface area contributed by atoms with E-state index in [4.69, 9.17) is 4.74 Å². The summed E-state index contributed by atoms with van der Waals surface area (Å²) in [5, 5.41) is 3.40. The molecule has 1 N–H and O–H groups in total. The summed E-state index contributed by atoms with van der Waals surface area (Å²) >= 11 is 1.84. The normalized spacial score (nSPS) is 12.2. The van der Waals surface area contributed by atoms with Crippen molar-refractivity contribution in [3.05, 3.63) is 42.2 Å². The Hall–Kier alpha value is -1.00. The van der Waals surface area contributed by atoms with Crippen molar-refractivity contribution in [1.29, 1.82) is 0 Å². The molecule has 0 spiro atoms. The Labute approximate surface area is 113 Å². The smallest absolute Gasteiger partial charge is 0.165 e. The second kappa shape index (κ2) is 8.16. The number of hydrogen-bond donors (Lipinski definition) is 1. The van der Waals surface area contributed by atoms with Gasteiger partial charge in [0.1, 0.15) is 0 Å². The number of hydrogen-bond acceptors (Lipinski definition) is 3. The number of rotatable bonds is 8. The molecule has 4 heteroatoms. The van der Waals surface area contributed by atoms with Gasteiger partial charge >= 0.3 is 0 Å². The van der Waals surface area contributed by atoms with Gasteiger partial charge in [0.2, 0.25) is 0 Å². The summed E-state index contributed by atoms with van der Waals surface area (Å²) in [6.45, 7) is 6.65. The van der Waals surface area contributed by atoms with Crippen LogP contribution >= 0.6 is 11.8 Å². The molecule has 0 aromatic heterocycles. The van der Waals surface area contributed by atoms with E-state index in [1.807, 2.05) is 17.8 Å². The number of thioether (sulfide) groups is 1. The summed E-state index contributed by atoms with van der Waals surface area (Å²) in [4.78, 5) is 0. The lowest BCUT2D eigenvalue weighted by molar-refractivity contribution is 0.385. The summed E-state index contributed by atoms with van der Waals surface area (Å²) in [6, 6.07) is 5.15. The molecular weight excluding hydrogens is 249 g/mol. The molecule has 1 aromatic carbocycles. The van der Waals surface area contributed by atoms with E-state index in [0.29, 0.717) is 5.75 Å². The van der Waals surface area contributed by atoms with Crippen LogP contribution in [-0.4, -0.2) is 25.2 Å². The minimum Gasteiger partial charge on any atom is -0.494 e. The molecule has 0 bridgehead atoms. The molecule has 0 aliphatic heterocycles. The van der Waals surface area contributed by atoms with Gasteiger partial charge in [0, 0.05) is 24.1 Å². The summed E-state index contributed by atoms with van der Waals surface area (Å²) in [6.07, 6.45) is 1.90. The first kappa shape index (κ1) is 15.1. The van der Waals surface area contributed by atoms with Gasteiger partial charge in [0.15, 0.2) is 11.6 Å². The Bertz CT molecular complexity index is 384. The highest BCUT2D eigenvalue weighted by Crippen LogP contribution is 2.22. The molecule has 0 heterocycles. The molecule has 1 unspecified atom stereocenters. The van der Waals surface area contributed by atoms with Gasteiger partial charge in [-0.15, -0.1) is 6.58 Å². The largest absolute Gasteiger partial charge is 0.494 e. The first-order valence-corrected chi connectivity index (χ1v) is 7.10. The summed E-state index contributed by atoms with van der Waals surface area (Å²) in [5.41, 5.74) is 1.03. The lowest BCUT2D eigenvalue weighted by atomic mass is 10.1. The molecule has 100 valence electrons. The minimum absolute atomic E-state index is 0.184. The van der Waals surface area contributed by atoms with Gasteiger partial charge in [-0.1, -0.05) is 12.1 Å². The van der Waals surface area contributed by atoms with Crippen LogP contribution in [0.5, 0.6) is 5.75 Å². The number of ether oxygens (including phenoxy) is 1. The highest BCUT2D eigenvalue weighted by molar-refractivity contribution is 7.99. The predicted molar refractivity (Wildman–Crippen MR) is 76.9 cm³/mol. The fraction of sp³-hybridized carbons (Fsp3) is 0.429. The third-order valence-corrected chi connectivity index (χ3v) is 3.57. The third kappa shape index (κ3) is 4.70. The topological polar surface area (TPSA) is 21.3 Å². The van der Waals surface area contributed by atoms with Gasteiger partial charge in [-0.2, -0.15) is 11.8 Å². The van der Waals surface area contributed by atoms with Gasteiger partial charge in [0.25, 0.3) is 0 Å². The summed E-state index contributed by atoms with van der Waals surface area (Å²) < 4.78 is 18.2. The Morgan fingerprint density at radius 3 is 3.00 bits per heavy atom. The summed E-state index contributed by atoms with van der Waals surface area (Å²) in [5.74, 6) is 1.98. The van der Waals surface area contributed by atoms with Crippen molar-refractivity contribution in [3.63, 3.8) is 0 Å². The number of benzene rings is 1. The zero-order chi connectivity index (χ0) is 13.4. The van der Waals surface area contributed by atoms with Crippen LogP contribution in [0.1, 0.15) is 18.5 Å². The maximum atomic E-state index is 13.3. The minimum atomic E-state index is -0.324. The monoisotopic (exact) mass is 269 g/mol. The van der Waals surface area contributed by atoms with E-state index < -0.39 is 0 Å².